The Morgan fingerprint density at radius 3 is 2.93 bits per heavy atom. The van der Waals surface area contributed by atoms with Crippen LogP contribution in [0.4, 0.5) is 0 Å². The van der Waals surface area contributed by atoms with Gasteiger partial charge in [-0.3, -0.25) is 4.98 Å². The number of aromatic nitrogens is 3. The van der Waals surface area contributed by atoms with Crippen molar-refractivity contribution < 1.29 is 0 Å². The number of nitrogens with two attached hydrogens (primary N) is 1. The highest BCUT2D eigenvalue weighted by Gasteiger charge is 2.22. The largest absolute Gasteiger partial charge is 0.343 e. The van der Waals surface area contributed by atoms with Crippen molar-refractivity contribution in [2.75, 3.05) is 6.54 Å². The van der Waals surface area contributed by atoms with Crippen LogP contribution in [-0.2, 0) is 6.42 Å². The molecule has 2 rings (SSSR count). The zero-order valence-electron chi connectivity index (χ0n) is 8.20. The fourth-order valence-electron chi connectivity index (χ4n) is 1.64. The van der Waals surface area contributed by atoms with E-state index in [4.69, 9.17) is 5.73 Å². The summed E-state index contributed by atoms with van der Waals surface area (Å²) in [6.07, 6.45) is 5.02. The van der Waals surface area contributed by atoms with E-state index in [0.29, 0.717) is 12.6 Å². The summed E-state index contributed by atoms with van der Waals surface area (Å²) in [5, 5.41) is 4.26. The quantitative estimate of drug-likeness (QED) is 0.721. The van der Waals surface area contributed by atoms with Crippen LogP contribution in [0.1, 0.15) is 37.5 Å². The van der Waals surface area contributed by atoms with E-state index in [1.807, 2.05) is 0 Å². The lowest BCUT2D eigenvalue weighted by molar-refractivity contribution is 0.281. The van der Waals surface area contributed by atoms with E-state index in [0.717, 1.165) is 31.5 Å². The van der Waals surface area contributed by atoms with E-state index in [-0.39, 0.29) is 5.69 Å². The first-order valence-corrected chi connectivity index (χ1v) is 5.19. The normalized spacial score (nSPS) is 16.9. The molecule has 5 heteroatoms. The lowest BCUT2D eigenvalue weighted by Crippen LogP contribution is -2.27. The van der Waals surface area contributed by atoms with Gasteiger partial charge in [0.1, 0.15) is 5.82 Å². The van der Waals surface area contributed by atoms with Gasteiger partial charge in [-0.25, -0.2) is 9.48 Å². The van der Waals surface area contributed by atoms with Gasteiger partial charge >= 0.3 is 5.69 Å². The third-order valence-corrected chi connectivity index (χ3v) is 2.73. The molecule has 78 valence electrons. The molecule has 1 aliphatic rings. The summed E-state index contributed by atoms with van der Waals surface area (Å²) in [5.74, 6) is 0.771. The van der Waals surface area contributed by atoms with E-state index in [9.17, 15) is 4.79 Å². The minimum Gasteiger partial charge on any atom is -0.330 e. The third kappa shape index (κ3) is 1.72. The summed E-state index contributed by atoms with van der Waals surface area (Å²) < 4.78 is 1.59. The first kappa shape index (κ1) is 9.45. The van der Waals surface area contributed by atoms with Crippen LogP contribution in [0.5, 0.6) is 0 Å². The fraction of sp³-hybridized carbons (Fsp3) is 0.778. The van der Waals surface area contributed by atoms with Crippen LogP contribution in [0.3, 0.4) is 0 Å². The van der Waals surface area contributed by atoms with Crippen LogP contribution in [0.2, 0.25) is 0 Å². The van der Waals surface area contributed by atoms with Crippen molar-refractivity contribution in [2.45, 2.75) is 38.1 Å². The van der Waals surface area contributed by atoms with Gasteiger partial charge in [0.2, 0.25) is 0 Å². The van der Waals surface area contributed by atoms with Crippen LogP contribution in [0.25, 0.3) is 0 Å². The Hall–Kier alpha value is -1.10. The highest BCUT2D eigenvalue weighted by atomic mass is 16.2. The van der Waals surface area contributed by atoms with Gasteiger partial charge in [-0.1, -0.05) is 0 Å². The molecule has 0 aromatic carbocycles. The van der Waals surface area contributed by atoms with E-state index < -0.39 is 0 Å². The molecular formula is C9H16N4O. The number of aryl methyl sites for hydroxylation is 1. The second-order valence-corrected chi connectivity index (χ2v) is 3.80. The van der Waals surface area contributed by atoms with E-state index in [2.05, 4.69) is 10.1 Å². The maximum absolute atomic E-state index is 11.5. The van der Waals surface area contributed by atoms with E-state index in [1.165, 1.54) is 6.42 Å². The molecule has 0 saturated heterocycles. The topological polar surface area (TPSA) is 76.7 Å². The average Bonchev–Trinajstić information content (AvgIpc) is 2.42. The Morgan fingerprint density at radius 2 is 2.36 bits per heavy atom. The third-order valence-electron chi connectivity index (χ3n) is 2.73. The molecule has 0 amide bonds. The molecule has 0 radical (unpaired) electrons. The summed E-state index contributed by atoms with van der Waals surface area (Å²) in [4.78, 5) is 14.2. The summed E-state index contributed by atoms with van der Waals surface area (Å²) >= 11 is 0. The predicted molar refractivity (Wildman–Crippen MR) is 53.1 cm³/mol. The number of nitrogens with one attached hydrogen (secondary N) is 1. The molecule has 0 bridgehead atoms. The second kappa shape index (κ2) is 3.96. The first-order chi connectivity index (χ1) is 6.81. The molecule has 1 aliphatic carbocycles. The SMILES string of the molecule is NCCCc1nn(C2CCC2)c(=O)[nH]1. The molecule has 5 nitrogen and oxygen atoms in total. The number of hydrogen-bond donors (Lipinski definition) is 2. The van der Waals surface area contributed by atoms with Crippen LogP contribution in [0, 0.1) is 0 Å². The Morgan fingerprint density at radius 1 is 1.57 bits per heavy atom. The van der Waals surface area contributed by atoms with Crippen molar-refractivity contribution in [1.82, 2.24) is 14.8 Å². The van der Waals surface area contributed by atoms with Crippen LogP contribution in [-0.4, -0.2) is 21.3 Å². The maximum Gasteiger partial charge on any atom is 0.343 e. The minimum absolute atomic E-state index is 0.0679. The maximum atomic E-state index is 11.5. The highest BCUT2D eigenvalue weighted by molar-refractivity contribution is 4.86. The molecule has 14 heavy (non-hydrogen) atoms. The average molecular weight is 196 g/mol. The van der Waals surface area contributed by atoms with Crippen molar-refractivity contribution in [1.29, 1.82) is 0 Å². The zero-order chi connectivity index (χ0) is 9.97. The highest BCUT2D eigenvalue weighted by Crippen LogP contribution is 2.29. The molecule has 3 N–H and O–H groups in total. The Kier molecular flexibility index (Phi) is 2.67. The molecule has 0 spiro atoms. The molecule has 1 aromatic rings. The Labute approximate surface area is 82.3 Å². The zero-order valence-corrected chi connectivity index (χ0v) is 8.20. The molecule has 1 saturated carbocycles. The van der Waals surface area contributed by atoms with Gasteiger partial charge in [0, 0.05) is 6.42 Å². The molecule has 0 aliphatic heterocycles. The van der Waals surface area contributed by atoms with Crippen LogP contribution < -0.4 is 11.4 Å². The number of nitrogens with zero attached hydrogens (tertiary/aromatic N) is 2. The van der Waals surface area contributed by atoms with Crippen molar-refractivity contribution in [3.8, 4) is 0 Å². The van der Waals surface area contributed by atoms with Crippen LogP contribution in [0.15, 0.2) is 4.79 Å². The number of rotatable bonds is 4. The van der Waals surface area contributed by atoms with E-state index in [1.54, 1.807) is 4.68 Å². The van der Waals surface area contributed by atoms with Gasteiger partial charge < -0.3 is 5.73 Å². The van der Waals surface area contributed by atoms with Crippen molar-refractivity contribution in [2.24, 2.45) is 5.73 Å². The Balaban J connectivity index is 2.08. The summed E-state index contributed by atoms with van der Waals surface area (Å²) in [7, 11) is 0. The molecule has 1 fully saturated rings. The van der Waals surface area contributed by atoms with Crippen molar-refractivity contribution in [3.63, 3.8) is 0 Å². The van der Waals surface area contributed by atoms with Crippen molar-refractivity contribution in [3.05, 3.63) is 16.3 Å². The number of aromatic amines is 1. The summed E-state index contributed by atoms with van der Waals surface area (Å²) in [6.45, 7) is 0.637. The molecule has 1 heterocycles. The smallest absolute Gasteiger partial charge is 0.330 e. The van der Waals surface area contributed by atoms with Gasteiger partial charge in [-0.05, 0) is 32.2 Å². The standard InChI is InChI=1S/C9H16N4O/c10-6-2-5-8-11-9(14)13(12-8)7-3-1-4-7/h7H,1-6,10H2,(H,11,12,14). The minimum atomic E-state index is -0.0679. The van der Waals surface area contributed by atoms with Gasteiger partial charge in [0.25, 0.3) is 0 Å². The van der Waals surface area contributed by atoms with Gasteiger partial charge in [0.15, 0.2) is 0 Å². The number of hydrogen-bond acceptors (Lipinski definition) is 3. The molecular weight excluding hydrogens is 180 g/mol. The van der Waals surface area contributed by atoms with Crippen molar-refractivity contribution >= 4 is 0 Å². The lowest BCUT2D eigenvalue weighted by atomic mass is 9.93. The van der Waals surface area contributed by atoms with Gasteiger partial charge in [-0.15, -0.1) is 0 Å². The van der Waals surface area contributed by atoms with Gasteiger partial charge in [0.05, 0.1) is 6.04 Å². The molecule has 0 atom stereocenters. The Bertz CT molecular complexity index is 350. The summed E-state index contributed by atoms with van der Waals surface area (Å²) in [5.41, 5.74) is 5.32. The van der Waals surface area contributed by atoms with E-state index >= 15 is 0 Å². The molecule has 0 unspecified atom stereocenters. The summed E-state index contributed by atoms with van der Waals surface area (Å²) in [6, 6.07) is 0.338. The number of H-pyrrole nitrogens is 1. The lowest BCUT2D eigenvalue weighted by Gasteiger charge is -2.24. The van der Waals surface area contributed by atoms with Gasteiger partial charge in [-0.2, -0.15) is 5.10 Å². The molecule has 1 aromatic heterocycles. The second-order valence-electron chi connectivity index (χ2n) is 3.80. The van der Waals surface area contributed by atoms with Crippen LogP contribution >= 0.6 is 0 Å². The predicted octanol–water partition coefficient (Wildman–Crippen LogP) is 0.188. The fourth-order valence-corrected chi connectivity index (χ4v) is 1.64. The monoisotopic (exact) mass is 196 g/mol. The first-order valence-electron chi connectivity index (χ1n) is 5.19.